The Labute approximate surface area is 96.7 Å². The molecule has 0 unspecified atom stereocenters. The van der Waals surface area contributed by atoms with Gasteiger partial charge in [-0.15, -0.1) is 0 Å². The molecular formula is C11H10BrNO2. The molecule has 78 valence electrons. The fraction of sp³-hybridized carbons (Fsp3) is 0.273. The van der Waals surface area contributed by atoms with Crippen LogP contribution in [0.15, 0.2) is 12.3 Å². The molecule has 1 N–H and O–H groups in total. The summed E-state index contributed by atoms with van der Waals surface area (Å²) in [6, 6.07) is 1.73. The highest BCUT2D eigenvalue weighted by Gasteiger charge is 2.09. The van der Waals surface area contributed by atoms with Crippen molar-refractivity contribution in [2.75, 3.05) is 5.33 Å². The summed E-state index contributed by atoms with van der Waals surface area (Å²) in [5.74, 6) is 4.64. The molecule has 0 amide bonds. The average Bonchev–Trinajstić information content (AvgIpc) is 2.18. The second kappa shape index (κ2) is 5.52. The summed E-state index contributed by atoms with van der Waals surface area (Å²) < 4.78 is 0. The molecule has 0 aliphatic heterocycles. The van der Waals surface area contributed by atoms with Crippen molar-refractivity contribution in [3.63, 3.8) is 0 Å². The smallest absolute Gasteiger partial charge is 0.355 e. The van der Waals surface area contributed by atoms with Gasteiger partial charge in [-0.25, -0.2) is 9.78 Å². The zero-order valence-electron chi connectivity index (χ0n) is 8.25. The second-order valence-electron chi connectivity index (χ2n) is 2.95. The van der Waals surface area contributed by atoms with E-state index >= 15 is 0 Å². The molecule has 1 aromatic rings. The molecule has 0 aromatic carbocycles. The number of alkyl halides is 1. The number of aryl methyl sites for hydroxylation is 1. The minimum absolute atomic E-state index is 0.0164. The van der Waals surface area contributed by atoms with Gasteiger partial charge in [-0.2, -0.15) is 0 Å². The molecular weight excluding hydrogens is 258 g/mol. The number of nitrogens with zero attached hydrogens (tertiary/aromatic N) is 1. The Hall–Kier alpha value is -1.34. The Morgan fingerprint density at radius 3 is 3.00 bits per heavy atom. The lowest BCUT2D eigenvalue weighted by molar-refractivity contribution is 0.0690. The predicted molar refractivity (Wildman–Crippen MR) is 61.2 cm³/mol. The van der Waals surface area contributed by atoms with Crippen LogP contribution in [-0.2, 0) is 0 Å². The lowest BCUT2D eigenvalue weighted by Gasteiger charge is -1.98. The van der Waals surface area contributed by atoms with E-state index in [0.717, 1.165) is 10.9 Å². The Balaban J connectivity index is 3.09. The Kier molecular flexibility index (Phi) is 4.32. The molecule has 15 heavy (non-hydrogen) atoms. The van der Waals surface area contributed by atoms with Gasteiger partial charge in [-0.1, -0.05) is 27.8 Å². The molecule has 1 aromatic heterocycles. The Morgan fingerprint density at radius 1 is 1.67 bits per heavy atom. The summed E-state index contributed by atoms with van der Waals surface area (Å²) in [5.41, 5.74) is 1.40. The van der Waals surface area contributed by atoms with Crippen molar-refractivity contribution >= 4 is 21.9 Å². The van der Waals surface area contributed by atoms with Crippen LogP contribution in [0, 0.1) is 18.8 Å². The number of carboxylic acid groups (broad SMARTS) is 1. The van der Waals surface area contributed by atoms with Crippen LogP contribution in [0.3, 0.4) is 0 Å². The van der Waals surface area contributed by atoms with Crippen LogP contribution in [0.2, 0.25) is 0 Å². The normalized spacial score (nSPS) is 9.20. The summed E-state index contributed by atoms with van der Waals surface area (Å²) >= 11 is 3.25. The van der Waals surface area contributed by atoms with E-state index in [-0.39, 0.29) is 5.69 Å². The lowest BCUT2D eigenvalue weighted by Crippen LogP contribution is -2.03. The third-order valence-electron chi connectivity index (χ3n) is 1.67. The number of pyridine rings is 1. The number of carboxylic acids is 1. The van der Waals surface area contributed by atoms with E-state index in [2.05, 4.69) is 32.8 Å². The topological polar surface area (TPSA) is 50.2 Å². The van der Waals surface area contributed by atoms with Gasteiger partial charge in [-0.3, -0.25) is 0 Å². The molecule has 1 heterocycles. The minimum atomic E-state index is -1.04. The van der Waals surface area contributed by atoms with E-state index in [1.165, 1.54) is 6.20 Å². The second-order valence-corrected chi connectivity index (χ2v) is 3.75. The van der Waals surface area contributed by atoms with E-state index in [1.54, 1.807) is 6.07 Å². The third kappa shape index (κ3) is 3.37. The van der Waals surface area contributed by atoms with Crippen molar-refractivity contribution in [3.05, 3.63) is 29.1 Å². The summed E-state index contributed by atoms with van der Waals surface area (Å²) in [4.78, 5) is 14.7. The van der Waals surface area contributed by atoms with E-state index in [1.807, 2.05) is 6.92 Å². The molecule has 1 rings (SSSR count). The van der Waals surface area contributed by atoms with Gasteiger partial charge < -0.3 is 5.11 Å². The number of aromatic nitrogens is 1. The molecule has 0 fully saturated rings. The highest BCUT2D eigenvalue weighted by Crippen LogP contribution is 2.07. The van der Waals surface area contributed by atoms with Crippen LogP contribution in [-0.4, -0.2) is 21.4 Å². The van der Waals surface area contributed by atoms with Crippen LogP contribution < -0.4 is 0 Å². The summed E-state index contributed by atoms with van der Waals surface area (Å²) in [7, 11) is 0. The fourth-order valence-corrected chi connectivity index (χ4v) is 1.24. The van der Waals surface area contributed by atoms with Gasteiger partial charge in [0.15, 0.2) is 5.69 Å². The van der Waals surface area contributed by atoms with E-state index in [0.29, 0.717) is 12.0 Å². The maximum absolute atomic E-state index is 10.8. The molecule has 0 spiro atoms. The van der Waals surface area contributed by atoms with Crippen molar-refractivity contribution in [3.8, 4) is 11.8 Å². The molecule has 0 bridgehead atoms. The van der Waals surface area contributed by atoms with E-state index < -0.39 is 5.97 Å². The number of hydrogen-bond donors (Lipinski definition) is 1. The number of carbonyl (C=O) groups is 1. The largest absolute Gasteiger partial charge is 0.476 e. The lowest BCUT2D eigenvalue weighted by atomic mass is 10.1. The standard InChI is InChI=1S/C11H10BrNO2/c1-8-6-9(4-2-3-5-12)10(11(14)15)13-7-8/h6-7H,3,5H2,1H3,(H,14,15). The molecule has 0 aliphatic carbocycles. The SMILES string of the molecule is Cc1cnc(C(=O)O)c(C#CCCBr)c1. The molecule has 4 heteroatoms. The summed E-state index contributed by atoms with van der Waals surface area (Å²) in [5, 5.41) is 9.65. The highest BCUT2D eigenvalue weighted by atomic mass is 79.9. The first-order chi connectivity index (χ1) is 7.15. The first kappa shape index (κ1) is 11.7. The number of aromatic carboxylic acids is 1. The Morgan fingerprint density at radius 2 is 2.40 bits per heavy atom. The fourth-order valence-electron chi connectivity index (χ4n) is 1.04. The molecule has 0 aliphatic rings. The van der Waals surface area contributed by atoms with Gasteiger partial charge >= 0.3 is 5.97 Å². The van der Waals surface area contributed by atoms with Gasteiger partial charge in [0.2, 0.25) is 0 Å². The van der Waals surface area contributed by atoms with Crippen molar-refractivity contribution in [1.82, 2.24) is 4.98 Å². The molecule has 0 atom stereocenters. The minimum Gasteiger partial charge on any atom is -0.476 e. The monoisotopic (exact) mass is 267 g/mol. The van der Waals surface area contributed by atoms with Crippen LogP contribution in [0.4, 0.5) is 0 Å². The van der Waals surface area contributed by atoms with Gasteiger partial charge in [-0.05, 0) is 18.6 Å². The predicted octanol–water partition coefficient (Wildman–Crippen LogP) is 2.22. The number of hydrogen-bond acceptors (Lipinski definition) is 2. The molecule has 0 saturated carbocycles. The quantitative estimate of drug-likeness (QED) is 0.661. The van der Waals surface area contributed by atoms with E-state index in [4.69, 9.17) is 5.11 Å². The van der Waals surface area contributed by atoms with E-state index in [9.17, 15) is 4.79 Å². The molecule has 0 saturated heterocycles. The van der Waals surface area contributed by atoms with Crippen molar-refractivity contribution < 1.29 is 9.90 Å². The first-order valence-electron chi connectivity index (χ1n) is 4.40. The van der Waals surface area contributed by atoms with Crippen molar-refractivity contribution in [2.24, 2.45) is 0 Å². The summed E-state index contributed by atoms with van der Waals surface area (Å²) in [6.45, 7) is 1.86. The zero-order chi connectivity index (χ0) is 11.3. The summed E-state index contributed by atoms with van der Waals surface area (Å²) in [6.07, 6.45) is 2.21. The van der Waals surface area contributed by atoms with Gasteiger partial charge in [0.25, 0.3) is 0 Å². The molecule has 3 nitrogen and oxygen atoms in total. The Bertz CT molecular complexity index is 432. The first-order valence-corrected chi connectivity index (χ1v) is 5.52. The number of rotatable bonds is 2. The maximum Gasteiger partial charge on any atom is 0.355 e. The van der Waals surface area contributed by atoms with Crippen molar-refractivity contribution in [2.45, 2.75) is 13.3 Å². The van der Waals surface area contributed by atoms with Crippen LogP contribution in [0.25, 0.3) is 0 Å². The van der Waals surface area contributed by atoms with Gasteiger partial charge in [0.05, 0.1) is 5.56 Å². The third-order valence-corrected chi connectivity index (χ3v) is 2.07. The molecule has 0 radical (unpaired) electrons. The van der Waals surface area contributed by atoms with Crippen molar-refractivity contribution in [1.29, 1.82) is 0 Å². The number of halogens is 1. The highest BCUT2D eigenvalue weighted by molar-refractivity contribution is 9.09. The van der Waals surface area contributed by atoms with Gasteiger partial charge in [0, 0.05) is 17.9 Å². The van der Waals surface area contributed by atoms with Crippen LogP contribution >= 0.6 is 15.9 Å². The van der Waals surface area contributed by atoms with Crippen LogP contribution in [0.1, 0.15) is 28.0 Å². The zero-order valence-corrected chi connectivity index (χ0v) is 9.84. The maximum atomic E-state index is 10.8. The van der Waals surface area contributed by atoms with Gasteiger partial charge in [0.1, 0.15) is 0 Å². The van der Waals surface area contributed by atoms with Crippen LogP contribution in [0.5, 0.6) is 0 Å². The average molecular weight is 268 g/mol.